The normalized spacial score (nSPS) is 29.2. The van der Waals surface area contributed by atoms with Crippen molar-refractivity contribution in [1.82, 2.24) is 10.2 Å². The summed E-state index contributed by atoms with van der Waals surface area (Å²) in [6.07, 6.45) is 5.47. The number of nitrogens with one attached hydrogen (secondary N) is 1. The van der Waals surface area contributed by atoms with Crippen molar-refractivity contribution in [3.8, 4) is 0 Å². The molecule has 1 N–H and O–H groups in total. The zero-order chi connectivity index (χ0) is 15.0. The second-order valence-electron chi connectivity index (χ2n) is 6.41. The SMILES string of the molecule is CCC1(C)NC(c2ccc(SC)cc2)N(CC2CC2)C1=O. The summed E-state index contributed by atoms with van der Waals surface area (Å²) in [7, 11) is 0. The Morgan fingerprint density at radius 1 is 1.33 bits per heavy atom. The second kappa shape index (κ2) is 5.65. The molecule has 1 aromatic carbocycles. The first-order valence-corrected chi connectivity index (χ1v) is 9.02. The lowest BCUT2D eigenvalue weighted by Gasteiger charge is -2.24. The molecule has 0 aromatic heterocycles. The van der Waals surface area contributed by atoms with E-state index in [0.717, 1.165) is 13.0 Å². The molecule has 21 heavy (non-hydrogen) atoms. The summed E-state index contributed by atoms with van der Waals surface area (Å²) in [4.78, 5) is 16.1. The minimum atomic E-state index is -0.419. The fourth-order valence-corrected chi connectivity index (χ4v) is 3.35. The molecule has 1 aliphatic heterocycles. The maximum absolute atomic E-state index is 12.8. The minimum absolute atomic E-state index is 0.0268. The van der Waals surface area contributed by atoms with E-state index in [0.29, 0.717) is 5.92 Å². The number of amides is 1. The molecule has 2 aliphatic rings. The van der Waals surface area contributed by atoms with E-state index in [1.165, 1.54) is 23.3 Å². The van der Waals surface area contributed by atoms with Crippen LogP contribution in [0, 0.1) is 5.92 Å². The van der Waals surface area contributed by atoms with Crippen LogP contribution in [0.2, 0.25) is 0 Å². The lowest BCUT2D eigenvalue weighted by atomic mass is 9.99. The van der Waals surface area contributed by atoms with Gasteiger partial charge in [0, 0.05) is 11.4 Å². The Morgan fingerprint density at radius 3 is 2.52 bits per heavy atom. The van der Waals surface area contributed by atoms with Gasteiger partial charge in [0.15, 0.2) is 0 Å². The number of carbonyl (C=O) groups is 1. The lowest BCUT2D eigenvalue weighted by molar-refractivity contribution is -0.133. The van der Waals surface area contributed by atoms with E-state index in [4.69, 9.17) is 0 Å². The molecule has 1 aliphatic carbocycles. The van der Waals surface area contributed by atoms with E-state index in [2.05, 4.69) is 47.7 Å². The molecule has 114 valence electrons. The van der Waals surface area contributed by atoms with Gasteiger partial charge in [0.2, 0.25) is 5.91 Å². The van der Waals surface area contributed by atoms with E-state index < -0.39 is 5.54 Å². The second-order valence-corrected chi connectivity index (χ2v) is 7.29. The Morgan fingerprint density at radius 2 is 2.00 bits per heavy atom. The van der Waals surface area contributed by atoms with Gasteiger partial charge in [0.1, 0.15) is 6.17 Å². The van der Waals surface area contributed by atoms with Crippen molar-refractivity contribution in [3.63, 3.8) is 0 Å². The predicted octanol–water partition coefficient (Wildman–Crippen LogP) is 3.42. The maximum atomic E-state index is 12.8. The number of hydrogen-bond donors (Lipinski definition) is 1. The van der Waals surface area contributed by atoms with Crippen LogP contribution in [0.3, 0.4) is 0 Å². The summed E-state index contributed by atoms with van der Waals surface area (Å²) in [6, 6.07) is 8.59. The third-order valence-corrected chi connectivity index (χ3v) is 5.53. The van der Waals surface area contributed by atoms with Crippen LogP contribution in [-0.4, -0.2) is 29.1 Å². The highest BCUT2D eigenvalue weighted by atomic mass is 32.2. The molecule has 4 heteroatoms. The Hall–Kier alpha value is -1.00. The van der Waals surface area contributed by atoms with Crippen molar-refractivity contribution in [2.24, 2.45) is 5.92 Å². The molecule has 2 atom stereocenters. The first-order valence-electron chi connectivity index (χ1n) is 7.80. The van der Waals surface area contributed by atoms with Crippen molar-refractivity contribution in [3.05, 3.63) is 29.8 Å². The number of nitrogens with zero attached hydrogens (tertiary/aromatic N) is 1. The monoisotopic (exact) mass is 304 g/mol. The van der Waals surface area contributed by atoms with E-state index in [-0.39, 0.29) is 12.1 Å². The first-order chi connectivity index (χ1) is 10.1. The largest absolute Gasteiger partial charge is 0.321 e. The van der Waals surface area contributed by atoms with Gasteiger partial charge in [-0.05, 0) is 56.1 Å². The van der Waals surface area contributed by atoms with Gasteiger partial charge in [-0.3, -0.25) is 10.1 Å². The summed E-state index contributed by atoms with van der Waals surface area (Å²) in [5.41, 5.74) is 0.775. The van der Waals surface area contributed by atoms with Gasteiger partial charge in [-0.15, -0.1) is 11.8 Å². The molecule has 1 aromatic rings. The summed E-state index contributed by atoms with van der Waals surface area (Å²) >= 11 is 1.75. The van der Waals surface area contributed by atoms with Crippen LogP contribution in [0.1, 0.15) is 44.8 Å². The van der Waals surface area contributed by atoms with E-state index >= 15 is 0 Å². The van der Waals surface area contributed by atoms with Gasteiger partial charge >= 0.3 is 0 Å². The molecule has 3 nitrogen and oxygen atoms in total. The van der Waals surface area contributed by atoms with Crippen molar-refractivity contribution in [2.45, 2.75) is 49.7 Å². The molecule has 1 amide bonds. The van der Waals surface area contributed by atoms with Crippen LogP contribution >= 0.6 is 11.8 Å². The average Bonchev–Trinajstić information content (AvgIpc) is 3.30. The lowest BCUT2D eigenvalue weighted by Crippen LogP contribution is -2.43. The van der Waals surface area contributed by atoms with Crippen LogP contribution in [0.4, 0.5) is 0 Å². The Kier molecular flexibility index (Phi) is 4.02. The molecular formula is C17H24N2OS. The standard InChI is InChI=1S/C17H24N2OS/c1-4-17(2)16(20)19(11-12-5-6-12)15(18-17)13-7-9-14(21-3)10-8-13/h7-10,12,15,18H,4-6,11H2,1-3H3. The quantitative estimate of drug-likeness (QED) is 0.846. The number of rotatable bonds is 5. The Bertz CT molecular complexity index is 526. The first kappa shape index (κ1) is 14.9. The molecule has 3 rings (SSSR count). The highest BCUT2D eigenvalue weighted by Gasteiger charge is 2.48. The minimum Gasteiger partial charge on any atom is -0.321 e. The van der Waals surface area contributed by atoms with Crippen LogP contribution in [0.25, 0.3) is 0 Å². The smallest absolute Gasteiger partial charge is 0.244 e. The fourth-order valence-electron chi connectivity index (χ4n) is 2.95. The van der Waals surface area contributed by atoms with Crippen LogP contribution in [0.5, 0.6) is 0 Å². The molecule has 0 radical (unpaired) electrons. The molecule has 1 heterocycles. The average molecular weight is 304 g/mol. The van der Waals surface area contributed by atoms with Gasteiger partial charge in [0.25, 0.3) is 0 Å². The topological polar surface area (TPSA) is 32.3 Å². The van der Waals surface area contributed by atoms with Crippen molar-refractivity contribution >= 4 is 17.7 Å². The molecular weight excluding hydrogens is 280 g/mol. The number of hydrogen-bond acceptors (Lipinski definition) is 3. The molecule has 2 fully saturated rings. The van der Waals surface area contributed by atoms with E-state index in [1.54, 1.807) is 11.8 Å². The van der Waals surface area contributed by atoms with Gasteiger partial charge in [-0.25, -0.2) is 0 Å². The van der Waals surface area contributed by atoms with Gasteiger partial charge in [-0.1, -0.05) is 19.1 Å². The van der Waals surface area contributed by atoms with Crippen molar-refractivity contribution < 1.29 is 4.79 Å². The number of thioether (sulfide) groups is 1. The van der Waals surface area contributed by atoms with Crippen molar-refractivity contribution in [2.75, 3.05) is 12.8 Å². The maximum Gasteiger partial charge on any atom is 0.244 e. The third kappa shape index (κ3) is 2.84. The summed E-state index contributed by atoms with van der Waals surface area (Å²) in [5.74, 6) is 0.971. The Labute approximate surface area is 131 Å². The van der Waals surface area contributed by atoms with Crippen LogP contribution in [0.15, 0.2) is 29.2 Å². The molecule has 1 saturated carbocycles. The number of benzene rings is 1. The van der Waals surface area contributed by atoms with Gasteiger partial charge in [-0.2, -0.15) is 0 Å². The highest BCUT2D eigenvalue weighted by molar-refractivity contribution is 7.98. The van der Waals surface area contributed by atoms with Gasteiger partial charge in [0.05, 0.1) is 5.54 Å². The third-order valence-electron chi connectivity index (χ3n) is 4.79. The predicted molar refractivity (Wildman–Crippen MR) is 87.2 cm³/mol. The molecule has 0 spiro atoms. The zero-order valence-electron chi connectivity index (χ0n) is 13.1. The zero-order valence-corrected chi connectivity index (χ0v) is 13.9. The Balaban J connectivity index is 1.87. The van der Waals surface area contributed by atoms with E-state index in [9.17, 15) is 4.79 Å². The highest BCUT2D eigenvalue weighted by Crippen LogP contribution is 2.38. The van der Waals surface area contributed by atoms with Crippen LogP contribution < -0.4 is 5.32 Å². The molecule has 2 unspecified atom stereocenters. The van der Waals surface area contributed by atoms with E-state index in [1.807, 2.05) is 6.92 Å². The fraction of sp³-hybridized carbons (Fsp3) is 0.588. The number of carbonyl (C=O) groups excluding carboxylic acids is 1. The molecule has 0 bridgehead atoms. The van der Waals surface area contributed by atoms with Crippen molar-refractivity contribution in [1.29, 1.82) is 0 Å². The summed E-state index contributed by atoms with van der Waals surface area (Å²) in [6.45, 7) is 5.02. The van der Waals surface area contributed by atoms with Gasteiger partial charge < -0.3 is 4.90 Å². The summed E-state index contributed by atoms with van der Waals surface area (Å²) < 4.78 is 0. The molecule has 1 saturated heterocycles. The summed E-state index contributed by atoms with van der Waals surface area (Å²) in [5, 5.41) is 3.57. The van der Waals surface area contributed by atoms with Crippen LogP contribution in [-0.2, 0) is 4.79 Å².